The zero-order chi connectivity index (χ0) is 24.6. The highest BCUT2D eigenvalue weighted by Crippen LogP contribution is 2.46. The summed E-state index contributed by atoms with van der Waals surface area (Å²) in [6.45, 7) is 10.8. The van der Waals surface area contributed by atoms with E-state index in [2.05, 4.69) is 128 Å². The zero-order valence-electron chi connectivity index (χ0n) is 21.2. The molecule has 1 aromatic heterocycles. The van der Waals surface area contributed by atoms with E-state index in [0.29, 0.717) is 0 Å². The van der Waals surface area contributed by atoms with Crippen molar-refractivity contribution >= 4 is 47.0 Å². The fourth-order valence-electron chi connectivity index (χ4n) is 4.10. The predicted octanol–water partition coefficient (Wildman–Crippen LogP) is 8.75. The molecule has 2 heterocycles. The van der Waals surface area contributed by atoms with Gasteiger partial charge in [-0.05, 0) is 74.6 Å². The van der Waals surface area contributed by atoms with Crippen molar-refractivity contribution in [3.63, 3.8) is 0 Å². The molecule has 2 nitrogen and oxygen atoms in total. The minimum Gasteiger partial charge on any atom is -0.335 e. The van der Waals surface area contributed by atoms with Gasteiger partial charge in [-0.3, -0.25) is 0 Å². The van der Waals surface area contributed by atoms with Crippen LogP contribution < -0.4 is 9.47 Å². The van der Waals surface area contributed by atoms with E-state index in [0.717, 1.165) is 25.9 Å². The number of thioether (sulfide) groups is 1. The van der Waals surface area contributed by atoms with E-state index in [-0.39, 0.29) is 0 Å². The van der Waals surface area contributed by atoms with Crippen molar-refractivity contribution in [1.82, 2.24) is 0 Å². The van der Waals surface area contributed by atoms with Crippen LogP contribution in [0.25, 0.3) is 18.2 Å². The Morgan fingerprint density at radius 3 is 2.54 bits per heavy atom. The van der Waals surface area contributed by atoms with Crippen LogP contribution in [0.4, 0.5) is 5.69 Å². The van der Waals surface area contributed by atoms with Gasteiger partial charge in [0.1, 0.15) is 6.54 Å². The van der Waals surface area contributed by atoms with E-state index in [1.165, 1.54) is 42.2 Å². The number of fused-ring (bicyclic) bond motifs is 1. The Balaban J connectivity index is 1.50. The summed E-state index contributed by atoms with van der Waals surface area (Å²) < 4.78 is 2.36. The summed E-state index contributed by atoms with van der Waals surface area (Å²) in [5.74, 6) is 0. The first-order valence-electron chi connectivity index (χ1n) is 12.5. The van der Waals surface area contributed by atoms with Gasteiger partial charge in [-0.2, -0.15) is 4.57 Å². The van der Waals surface area contributed by atoms with Crippen molar-refractivity contribution in [1.29, 1.82) is 0 Å². The standard InChI is InChI=1S/C31H35N2S2/c1-5-25(22-31-33(7-3)28-20-24(4)18-19-29(28)35-31)21-30-32(6-2)23-27(34-30)17-13-9-12-16-26-14-10-8-11-15-26/h8,10-23H,5-7,9H2,1-4H3/q+1/b16-12+,17-13-. The number of rotatable bonds is 9. The molecule has 0 radical (unpaired) electrons. The van der Waals surface area contributed by atoms with Crippen LogP contribution in [0.3, 0.4) is 0 Å². The lowest BCUT2D eigenvalue weighted by atomic mass is 10.2. The molecule has 0 saturated carbocycles. The summed E-state index contributed by atoms with van der Waals surface area (Å²) in [7, 11) is 0. The molecule has 1 aliphatic rings. The van der Waals surface area contributed by atoms with Crippen LogP contribution in [0, 0.1) is 6.92 Å². The van der Waals surface area contributed by atoms with Crippen LogP contribution in [0.1, 0.15) is 54.6 Å². The second kappa shape index (κ2) is 12.2. The molecule has 4 heteroatoms. The van der Waals surface area contributed by atoms with Crippen LogP contribution in [0.2, 0.25) is 0 Å². The molecule has 0 aliphatic carbocycles. The summed E-state index contributed by atoms with van der Waals surface area (Å²) in [6.07, 6.45) is 17.9. The first kappa shape index (κ1) is 25.3. The highest BCUT2D eigenvalue weighted by atomic mass is 32.2. The van der Waals surface area contributed by atoms with E-state index >= 15 is 0 Å². The van der Waals surface area contributed by atoms with Gasteiger partial charge in [0, 0.05) is 17.5 Å². The van der Waals surface area contributed by atoms with Crippen LogP contribution in [-0.2, 0) is 6.54 Å². The third-order valence-electron chi connectivity index (χ3n) is 6.02. The van der Waals surface area contributed by atoms with Gasteiger partial charge in [0.2, 0.25) is 0 Å². The van der Waals surface area contributed by atoms with E-state index in [9.17, 15) is 0 Å². The number of hydrogen-bond acceptors (Lipinski definition) is 3. The molecule has 0 atom stereocenters. The fourth-order valence-corrected chi connectivity index (χ4v) is 6.38. The fraction of sp³-hybridized carbons (Fsp3) is 0.258. The van der Waals surface area contributed by atoms with E-state index in [4.69, 9.17) is 0 Å². The maximum absolute atomic E-state index is 2.44. The highest BCUT2D eigenvalue weighted by molar-refractivity contribution is 8.03. The normalized spacial score (nSPS) is 15.1. The summed E-state index contributed by atoms with van der Waals surface area (Å²) in [5.41, 5.74) is 5.26. The second-order valence-electron chi connectivity index (χ2n) is 8.58. The Labute approximate surface area is 219 Å². The molecular formula is C31H35N2S2+. The van der Waals surface area contributed by atoms with E-state index < -0.39 is 0 Å². The van der Waals surface area contributed by atoms with Crippen LogP contribution in [-0.4, -0.2) is 6.54 Å². The number of thiazole rings is 1. The molecule has 0 bridgehead atoms. The van der Waals surface area contributed by atoms with Gasteiger partial charge in [0.25, 0.3) is 5.01 Å². The van der Waals surface area contributed by atoms with Gasteiger partial charge in [0.15, 0.2) is 6.20 Å². The molecule has 2 aromatic carbocycles. The number of benzene rings is 2. The molecule has 3 aromatic rings. The van der Waals surface area contributed by atoms with Crippen molar-refractivity contribution in [3.05, 3.63) is 105 Å². The number of allylic oxidation sites excluding steroid dienone is 4. The van der Waals surface area contributed by atoms with Gasteiger partial charge in [-0.25, -0.2) is 0 Å². The first-order chi connectivity index (χ1) is 17.1. The topological polar surface area (TPSA) is 7.12 Å². The van der Waals surface area contributed by atoms with Crippen molar-refractivity contribution in [2.45, 2.75) is 52.0 Å². The Morgan fingerprint density at radius 1 is 1.00 bits per heavy atom. The number of nitrogens with zero attached hydrogens (tertiary/aromatic N) is 2. The first-order valence-corrected chi connectivity index (χ1v) is 14.1. The van der Waals surface area contributed by atoms with Crippen molar-refractivity contribution in [2.75, 3.05) is 11.4 Å². The van der Waals surface area contributed by atoms with Gasteiger partial charge in [-0.1, -0.05) is 84.6 Å². The Kier molecular flexibility index (Phi) is 8.84. The van der Waals surface area contributed by atoms with Crippen molar-refractivity contribution in [2.24, 2.45) is 0 Å². The molecule has 0 spiro atoms. The molecule has 0 N–H and O–H groups in total. The summed E-state index contributed by atoms with van der Waals surface area (Å²) in [5, 5.41) is 2.63. The Morgan fingerprint density at radius 2 is 1.80 bits per heavy atom. The number of aromatic nitrogens is 1. The Bertz CT molecular complexity index is 1260. The highest BCUT2D eigenvalue weighted by Gasteiger charge is 2.24. The largest absolute Gasteiger partial charge is 0.335 e. The Hall–Kier alpha value is -2.82. The van der Waals surface area contributed by atoms with E-state index in [1.54, 1.807) is 0 Å². The molecule has 4 rings (SSSR count). The average molecular weight is 500 g/mol. The molecule has 0 amide bonds. The van der Waals surface area contributed by atoms with Crippen LogP contribution >= 0.6 is 23.1 Å². The number of aryl methyl sites for hydroxylation is 2. The third kappa shape index (κ3) is 6.45. The predicted molar refractivity (Wildman–Crippen MR) is 156 cm³/mol. The molecule has 1 aliphatic heterocycles. The van der Waals surface area contributed by atoms with Gasteiger partial charge >= 0.3 is 0 Å². The monoisotopic (exact) mass is 499 g/mol. The van der Waals surface area contributed by atoms with Crippen molar-refractivity contribution < 1.29 is 4.57 Å². The second-order valence-corrected chi connectivity index (χ2v) is 10.7. The molecule has 180 valence electrons. The number of anilines is 1. The van der Waals surface area contributed by atoms with Gasteiger partial charge < -0.3 is 4.90 Å². The zero-order valence-corrected chi connectivity index (χ0v) is 22.8. The quantitative estimate of drug-likeness (QED) is 0.272. The minimum atomic E-state index is 0.931. The number of hydrogen-bond donors (Lipinski definition) is 0. The average Bonchev–Trinajstić information content (AvgIpc) is 3.43. The van der Waals surface area contributed by atoms with Gasteiger partial charge in [0.05, 0.1) is 15.6 Å². The molecule has 35 heavy (non-hydrogen) atoms. The lowest BCUT2D eigenvalue weighted by Crippen LogP contribution is -2.32. The smallest absolute Gasteiger partial charge is 0.262 e. The third-order valence-corrected chi connectivity index (χ3v) is 8.17. The molecule has 0 unspecified atom stereocenters. The van der Waals surface area contributed by atoms with Gasteiger partial charge in [-0.15, -0.1) is 0 Å². The summed E-state index contributed by atoms with van der Waals surface area (Å²) >= 11 is 3.75. The van der Waals surface area contributed by atoms with Crippen molar-refractivity contribution in [3.8, 4) is 0 Å². The summed E-state index contributed by atoms with van der Waals surface area (Å²) in [6, 6.07) is 17.2. The molecule has 0 fully saturated rings. The van der Waals surface area contributed by atoms with Crippen LogP contribution in [0.5, 0.6) is 0 Å². The molecule has 0 saturated heterocycles. The van der Waals surface area contributed by atoms with E-state index in [1.807, 2.05) is 23.1 Å². The minimum absolute atomic E-state index is 0.931. The summed E-state index contributed by atoms with van der Waals surface area (Å²) in [4.78, 5) is 5.09. The lowest BCUT2D eigenvalue weighted by molar-refractivity contribution is -0.690. The van der Waals surface area contributed by atoms with Crippen LogP contribution in [0.15, 0.2) is 88.5 Å². The lowest BCUT2D eigenvalue weighted by Gasteiger charge is -2.18. The SMILES string of the molecule is CCC(=Cc1sc(/C=C\C/C=C/c2ccccc2)c[n+]1CC)C=C1Sc2ccc(C)cc2N1CC. The maximum Gasteiger partial charge on any atom is 0.262 e. The maximum atomic E-state index is 2.44. The molecular weight excluding hydrogens is 464 g/mol.